The van der Waals surface area contributed by atoms with E-state index in [9.17, 15) is 9.90 Å². The van der Waals surface area contributed by atoms with Gasteiger partial charge in [0.05, 0.1) is 6.42 Å². The number of fused-ring (bicyclic) bond motifs is 1. The van der Waals surface area contributed by atoms with Crippen LogP contribution >= 0.6 is 0 Å². The van der Waals surface area contributed by atoms with E-state index in [1.54, 1.807) is 24.3 Å². The summed E-state index contributed by atoms with van der Waals surface area (Å²) in [5, 5.41) is 12.6. The van der Waals surface area contributed by atoms with E-state index in [1.165, 1.54) is 0 Å². The van der Waals surface area contributed by atoms with E-state index in [2.05, 4.69) is 11.2 Å². The largest absolute Gasteiger partial charge is 0.374 e. The topological polar surface area (TPSA) is 49.3 Å². The first-order valence-corrected chi connectivity index (χ1v) is 4.25. The SMILES string of the molecule is C#CCC1(O)C(=O)Nc2ccccc21. The highest BCUT2D eigenvalue weighted by molar-refractivity contribution is 6.05. The number of rotatable bonds is 1. The Morgan fingerprint density at radius 1 is 1.50 bits per heavy atom. The van der Waals surface area contributed by atoms with Gasteiger partial charge in [0, 0.05) is 11.3 Å². The first kappa shape index (κ1) is 8.79. The fraction of sp³-hybridized carbons (Fsp3) is 0.182. The number of carbonyl (C=O) groups is 1. The number of nitrogens with one attached hydrogen (secondary N) is 1. The molecule has 0 aliphatic carbocycles. The molecule has 14 heavy (non-hydrogen) atoms. The van der Waals surface area contributed by atoms with Crippen molar-refractivity contribution < 1.29 is 9.90 Å². The van der Waals surface area contributed by atoms with Gasteiger partial charge >= 0.3 is 0 Å². The summed E-state index contributed by atoms with van der Waals surface area (Å²) in [6.07, 6.45) is 5.12. The number of benzene rings is 1. The van der Waals surface area contributed by atoms with Crippen molar-refractivity contribution in [3.05, 3.63) is 29.8 Å². The molecular formula is C11H9NO2. The molecule has 2 rings (SSSR count). The molecule has 1 amide bonds. The van der Waals surface area contributed by atoms with Crippen molar-refractivity contribution in [2.24, 2.45) is 0 Å². The number of carbonyl (C=O) groups excluding carboxylic acids is 1. The molecule has 0 bridgehead atoms. The van der Waals surface area contributed by atoms with Gasteiger partial charge in [-0.3, -0.25) is 4.79 Å². The van der Waals surface area contributed by atoms with Crippen LogP contribution in [-0.2, 0) is 10.4 Å². The van der Waals surface area contributed by atoms with Crippen LogP contribution in [0.15, 0.2) is 24.3 Å². The summed E-state index contributed by atoms with van der Waals surface area (Å²) >= 11 is 0. The number of para-hydroxylation sites is 1. The molecule has 70 valence electrons. The maximum absolute atomic E-state index is 11.5. The van der Waals surface area contributed by atoms with Gasteiger partial charge in [-0.05, 0) is 6.07 Å². The Hall–Kier alpha value is -1.79. The van der Waals surface area contributed by atoms with E-state index >= 15 is 0 Å². The number of aliphatic hydroxyl groups is 1. The molecule has 3 nitrogen and oxygen atoms in total. The third-order valence-electron chi connectivity index (χ3n) is 2.35. The second-order valence-corrected chi connectivity index (χ2v) is 3.24. The Morgan fingerprint density at radius 3 is 2.93 bits per heavy atom. The van der Waals surface area contributed by atoms with Crippen molar-refractivity contribution in [2.45, 2.75) is 12.0 Å². The first-order valence-electron chi connectivity index (χ1n) is 4.25. The van der Waals surface area contributed by atoms with Gasteiger partial charge in [0.2, 0.25) is 0 Å². The predicted octanol–water partition coefficient (Wildman–Crippen LogP) is 0.850. The smallest absolute Gasteiger partial charge is 0.262 e. The molecule has 3 heteroatoms. The van der Waals surface area contributed by atoms with E-state index in [0.717, 1.165) is 0 Å². The van der Waals surface area contributed by atoms with Gasteiger partial charge in [-0.15, -0.1) is 12.3 Å². The van der Waals surface area contributed by atoms with Crippen molar-refractivity contribution in [1.29, 1.82) is 0 Å². The van der Waals surface area contributed by atoms with Crippen molar-refractivity contribution in [1.82, 2.24) is 0 Å². The zero-order chi connectivity index (χ0) is 10.2. The Morgan fingerprint density at radius 2 is 2.21 bits per heavy atom. The standard InChI is InChI=1S/C11H9NO2/c1-2-7-11(14)8-5-3-4-6-9(8)12-10(11)13/h1,3-6,14H,7H2,(H,12,13). The lowest BCUT2D eigenvalue weighted by Gasteiger charge is -2.17. The lowest BCUT2D eigenvalue weighted by atomic mass is 9.92. The molecule has 0 saturated carbocycles. The molecule has 0 radical (unpaired) electrons. The summed E-state index contributed by atoms with van der Waals surface area (Å²) in [4.78, 5) is 11.5. The first-order chi connectivity index (χ1) is 6.68. The number of hydrogen-bond donors (Lipinski definition) is 2. The van der Waals surface area contributed by atoms with Crippen molar-refractivity contribution in [3.8, 4) is 12.3 Å². The van der Waals surface area contributed by atoms with Crippen molar-refractivity contribution in [2.75, 3.05) is 5.32 Å². The van der Waals surface area contributed by atoms with Crippen LogP contribution in [0.2, 0.25) is 0 Å². The molecule has 1 heterocycles. The van der Waals surface area contributed by atoms with Gasteiger partial charge in [-0.2, -0.15) is 0 Å². The molecule has 1 unspecified atom stereocenters. The van der Waals surface area contributed by atoms with Gasteiger partial charge in [0.15, 0.2) is 5.60 Å². The Kier molecular flexibility index (Phi) is 1.80. The van der Waals surface area contributed by atoms with Crippen LogP contribution in [0.25, 0.3) is 0 Å². The fourth-order valence-corrected chi connectivity index (χ4v) is 1.62. The summed E-state index contributed by atoms with van der Waals surface area (Å²) in [5.41, 5.74) is -0.357. The number of amides is 1. The van der Waals surface area contributed by atoms with Gasteiger partial charge in [-0.1, -0.05) is 18.2 Å². The number of terminal acetylenes is 1. The monoisotopic (exact) mass is 187 g/mol. The molecule has 1 aromatic rings. The van der Waals surface area contributed by atoms with Crippen LogP contribution in [-0.4, -0.2) is 11.0 Å². The fourth-order valence-electron chi connectivity index (χ4n) is 1.62. The number of hydrogen-bond acceptors (Lipinski definition) is 2. The minimum absolute atomic E-state index is 0.00412. The summed E-state index contributed by atoms with van der Waals surface area (Å²) in [5.74, 6) is 1.86. The van der Waals surface area contributed by atoms with Gasteiger partial charge < -0.3 is 10.4 Å². The lowest BCUT2D eigenvalue weighted by Crippen LogP contribution is -2.33. The molecule has 1 aliphatic rings. The molecular weight excluding hydrogens is 178 g/mol. The van der Waals surface area contributed by atoms with Crippen LogP contribution in [0.1, 0.15) is 12.0 Å². The molecule has 2 N–H and O–H groups in total. The molecule has 0 fully saturated rings. The molecule has 0 spiro atoms. The Bertz CT molecular complexity index is 433. The second-order valence-electron chi connectivity index (χ2n) is 3.24. The van der Waals surface area contributed by atoms with Crippen LogP contribution in [0, 0.1) is 12.3 Å². The third-order valence-corrected chi connectivity index (χ3v) is 2.35. The average molecular weight is 187 g/mol. The molecule has 1 aromatic carbocycles. The number of anilines is 1. The van der Waals surface area contributed by atoms with Gasteiger partial charge in [-0.25, -0.2) is 0 Å². The zero-order valence-corrected chi connectivity index (χ0v) is 7.45. The predicted molar refractivity (Wildman–Crippen MR) is 52.4 cm³/mol. The highest BCUT2D eigenvalue weighted by Crippen LogP contribution is 2.37. The molecule has 1 atom stereocenters. The lowest BCUT2D eigenvalue weighted by molar-refractivity contribution is -0.133. The molecule has 1 aliphatic heterocycles. The van der Waals surface area contributed by atoms with E-state index in [1.807, 2.05) is 0 Å². The second kappa shape index (κ2) is 2.86. The van der Waals surface area contributed by atoms with Crippen LogP contribution in [0.4, 0.5) is 5.69 Å². The minimum Gasteiger partial charge on any atom is -0.374 e. The normalized spacial score (nSPS) is 23.9. The van der Waals surface area contributed by atoms with E-state index in [0.29, 0.717) is 11.3 Å². The quantitative estimate of drug-likeness (QED) is 0.640. The van der Waals surface area contributed by atoms with E-state index < -0.39 is 11.5 Å². The Balaban J connectivity index is 2.55. The summed E-state index contributed by atoms with van der Waals surface area (Å²) < 4.78 is 0. The highest BCUT2D eigenvalue weighted by atomic mass is 16.3. The van der Waals surface area contributed by atoms with Crippen LogP contribution < -0.4 is 5.32 Å². The minimum atomic E-state index is -1.55. The van der Waals surface area contributed by atoms with E-state index in [4.69, 9.17) is 6.42 Å². The summed E-state index contributed by atoms with van der Waals surface area (Å²) in [6.45, 7) is 0. The summed E-state index contributed by atoms with van der Waals surface area (Å²) in [6, 6.07) is 6.99. The highest BCUT2D eigenvalue weighted by Gasteiger charge is 2.44. The van der Waals surface area contributed by atoms with Crippen LogP contribution in [0.5, 0.6) is 0 Å². The van der Waals surface area contributed by atoms with E-state index in [-0.39, 0.29) is 6.42 Å². The van der Waals surface area contributed by atoms with Gasteiger partial charge in [0.25, 0.3) is 5.91 Å². The summed E-state index contributed by atoms with van der Waals surface area (Å²) in [7, 11) is 0. The zero-order valence-electron chi connectivity index (χ0n) is 7.45. The van der Waals surface area contributed by atoms with Crippen molar-refractivity contribution >= 4 is 11.6 Å². The third kappa shape index (κ3) is 1.02. The molecule has 0 saturated heterocycles. The van der Waals surface area contributed by atoms with Gasteiger partial charge in [0.1, 0.15) is 0 Å². The average Bonchev–Trinajstić information content (AvgIpc) is 2.41. The Labute approximate surface area is 81.8 Å². The maximum Gasteiger partial charge on any atom is 0.262 e. The maximum atomic E-state index is 11.5. The molecule has 0 aromatic heterocycles. The van der Waals surface area contributed by atoms with Crippen molar-refractivity contribution in [3.63, 3.8) is 0 Å². The van der Waals surface area contributed by atoms with Crippen LogP contribution in [0.3, 0.4) is 0 Å².